The van der Waals surface area contributed by atoms with Crippen molar-refractivity contribution >= 4 is 33.1 Å². The predicted octanol–water partition coefficient (Wildman–Crippen LogP) is 6.67. The molecule has 0 spiro atoms. The Bertz CT molecular complexity index is 1430. The molecule has 5 rings (SSSR count). The number of fused-ring (bicyclic) bond motifs is 2. The molecule has 0 saturated carbocycles. The van der Waals surface area contributed by atoms with Crippen LogP contribution >= 0.6 is 11.3 Å². The maximum absolute atomic E-state index is 13.7. The molecule has 0 atom stereocenters. The van der Waals surface area contributed by atoms with Crippen molar-refractivity contribution in [2.24, 2.45) is 0 Å². The summed E-state index contributed by atoms with van der Waals surface area (Å²) in [5.74, 6) is 0.556. The maximum atomic E-state index is 13.7. The van der Waals surface area contributed by atoms with E-state index in [-0.39, 0.29) is 5.91 Å². The zero-order valence-electron chi connectivity index (χ0n) is 19.3. The van der Waals surface area contributed by atoms with Gasteiger partial charge in [0.1, 0.15) is 16.8 Å². The molecule has 4 aromatic rings. The van der Waals surface area contributed by atoms with Crippen molar-refractivity contribution in [1.29, 1.82) is 5.26 Å². The molecule has 5 nitrogen and oxygen atoms in total. The molecule has 0 unspecified atom stereocenters. The molecule has 2 aromatic carbocycles. The van der Waals surface area contributed by atoms with Crippen LogP contribution in [0, 0.1) is 18.3 Å². The summed E-state index contributed by atoms with van der Waals surface area (Å²) in [7, 11) is 1.64. The molecule has 34 heavy (non-hydrogen) atoms. The number of anilines is 1. The average Bonchev–Trinajstić information content (AvgIpc) is 3.02. The number of amides is 1. The van der Waals surface area contributed by atoms with Crippen LogP contribution in [-0.2, 0) is 12.8 Å². The van der Waals surface area contributed by atoms with Gasteiger partial charge in [-0.05, 0) is 74.1 Å². The highest BCUT2D eigenvalue weighted by molar-refractivity contribution is 7.16. The fraction of sp³-hybridized carbons (Fsp3) is 0.250. The highest BCUT2D eigenvalue weighted by atomic mass is 32.1. The van der Waals surface area contributed by atoms with E-state index in [1.165, 1.54) is 11.3 Å². The molecule has 0 fully saturated rings. The second-order valence-corrected chi connectivity index (χ2v) is 9.65. The summed E-state index contributed by atoms with van der Waals surface area (Å²) in [4.78, 5) is 19.8. The number of nitrogens with one attached hydrogen (secondary N) is 1. The largest absolute Gasteiger partial charge is 0.497 e. The third kappa shape index (κ3) is 3.93. The highest BCUT2D eigenvalue weighted by Crippen LogP contribution is 2.38. The van der Waals surface area contributed by atoms with Crippen LogP contribution in [0.5, 0.6) is 5.75 Å². The van der Waals surface area contributed by atoms with Crippen molar-refractivity contribution in [3.63, 3.8) is 0 Å². The first-order valence-corrected chi connectivity index (χ1v) is 12.3. The van der Waals surface area contributed by atoms with E-state index in [9.17, 15) is 10.1 Å². The first-order chi connectivity index (χ1) is 16.6. The number of nitrogens with zero attached hydrogens (tertiary/aromatic N) is 2. The molecule has 6 heteroatoms. The summed E-state index contributed by atoms with van der Waals surface area (Å²) in [6, 6.07) is 17.7. The topological polar surface area (TPSA) is 75.0 Å². The van der Waals surface area contributed by atoms with E-state index in [1.54, 1.807) is 18.4 Å². The molecule has 1 aliphatic rings. The summed E-state index contributed by atoms with van der Waals surface area (Å²) in [6.45, 7) is 1.93. The van der Waals surface area contributed by atoms with E-state index in [0.717, 1.165) is 64.7 Å². The molecular weight excluding hydrogens is 442 g/mol. The molecule has 1 aliphatic carbocycles. The van der Waals surface area contributed by atoms with Gasteiger partial charge in [0.15, 0.2) is 0 Å². The first kappa shape index (κ1) is 22.1. The van der Waals surface area contributed by atoms with Crippen LogP contribution in [0.3, 0.4) is 0 Å². The molecule has 1 N–H and O–H groups in total. The summed E-state index contributed by atoms with van der Waals surface area (Å²) in [5.41, 5.74) is 5.57. The lowest BCUT2D eigenvalue weighted by Crippen LogP contribution is -2.15. The minimum Gasteiger partial charge on any atom is -0.497 e. The Morgan fingerprint density at radius 2 is 1.85 bits per heavy atom. The number of benzene rings is 2. The van der Waals surface area contributed by atoms with Crippen molar-refractivity contribution in [1.82, 2.24) is 4.98 Å². The van der Waals surface area contributed by atoms with Gasteiger partial charge in [0.05, 0.1) is 29.4 Å². The molecule has 2 aromatic heterocycles. The number of ether oxygens (including phenoxy) is 1. The number of carbonyl (C=O) groups is 1. The van der Waals surface area contributed by atoms with E-state index >= 15 is 0 Å². The van der Waals surface area contributed by atoms with Crippen molar-refractivity contribution in [2.75, 3.05) is 12.4 Å². The highest BCUT2D eigenvalue weighted by Gasteiger charge is 2.24. The Morgan fingerprint density at radius 3 is 2.62 bits per heavy atom. The maximum Gasteiger partial charge on any atom is 0.257 e. The van der Waals surface area contributed by atoms with Gasteiger partial charge in [-0.15, -0.1) is 11.3 Å². The van der Waals surface area contributed by atoms with Gasteiger partial charge in [0, 0.05) is 15.8 Å². The zero-order chi connectivity index (χ0) is 23.7. The Hall–Kier alpha value is -3.69. The smallest absolute Gasteiger partial charge is 0.257 e. The Morgan fingerprint density at radius 1 is 1.09 bits per heavy atom. The van der Waals surface area contributed by atoms with E-state index < -0.39 is 0 Å². The number of thiophene rings is 1. The van der Waals surface area contributed by atoms with E-state index in [1.807, 2.05) is 55.5 Å². The normalized spacial score (nSPS) is 13.1. The van der Waals surface area contributed by atoms with Gasteiger partial charge < -0.3 is 10.1 Å². The third-order valence-electron chi connectivity index (χ3n) is 6.49. The fourth-order valence-electron chi connectivity index (χ4n) is 4.74. The number of methoxy groups -OCH3 is 1. The van der Waals surface area contributed by atoms with E-state index in [0.29, 0.717) is 16.1 Å². The van der Waals surface area contributed by atoms with Crippen LogP contribution in [-0.4, -0.2) is 18.0 Å². The van der Waals surface area contributed by atoms with Crippen LogP contribution in [0.15, 0.2) is 48.5 Å². The van der Waals surface area contributed by atoms with Crippen LogP contribution in [0.2, 0.25) is 0 Å². The Balaban J connectivity index is 1.60. The van der Waals surface area contributed by atoms with Gasteiger partial charge in [-0.25, -0.2) is 4.98 Å². The van der Waals surface area contributed by atoms with Gasteiger partial charge in [0.2, 0.25) is 0 Å². The van der Waals surface area contributed by atoms with Gasteiger partial charge in [-0.3, -0.25) is 4.79 Å². The molecule has 2 heterocycles. The van der Waals surface area contributed by atoms with Crippen LogP contribution < -0.4 is 10.1 Å². The Kier molecular flexibility index (Phi) is 6.04. The molecule has 0 radical (unpaired) electrons. The SMILES string of the molecule is COc1ccc(-c2nc3ccccc3c(C(=O)Nc3sc4c(c3C#N)CCCCC4)c2C)cc1. The van der Waals surface area contributed by atoms with Crippen molar-refractivity contribution in [3.8, 4) is 23.1 Å². The minimum absolute atomic E-state index is 0.209. The molecule has 170 valence electrons. The number of para-hydroxylation sites is 1. The molecule has 0 aliphatic heterocycles. The van der Waals surface area contributed by atoms with Crippen LogP contribution in [0.25, 0.3) is 22.2 Å². The summed E-state index contributed by atoms with van der Waals surface area (Å²) in [5, 5.41) is 14.4. The summed E-state index contributed by atoms with van der Waals surface area (Å²) < 4.78 is 5.29. The standard InChI is InChI=1S/C28H25N3O2S/c1-17-25(27(32)31-28-22(16-29)20-8-4-3-5-11-24(20)34-28)21-9-6-7-10-23(21)30-26(17)18-12-14-19(33-2)15-13-18/h6-7,9-10,12-15H,3-5,8,11H2,1-2H3,(H,31,32). The lowest BCUT2D eigenvalue weighted by atomic mass is 9.97. The van der Waals surface area contributed by atoms with Crippen molar-refractivity contribution in [3.05, 3.63) is 75.7 Å². The fourth-order valence-corrected chi connectivity index (χ4v) is 5.98. The third-order valence-corrected chi connectivity index (χ3v) is 7.69. The van der Waals surface area contributed by atoms with Crippen LogP contribution in [0.4, 0.5) is 5.00 Å². The van der Waals surface area contributed by atoms with Crippen molar-refractivity contribution < 1.29 is 9.53 Å². The molecule has 0 bridgehead atoms. The molecular formula is C28H25N3O2S. The molecule has 1 amide bonds. The van der Waals surface area contributed by atoms with Crippen LogP contribution in [0.1, 0.15) is 51.2 Å². The second kappa shape index (κ2) is 9.28. The van der Waals surface area contributed by atoms with E-state index in [2.05, 4.69) is 11.4 Å². The van der Waals surface area contributed by atoms with Gasteiger partial charge in [-0.2, -0.15) is 5.26 Å². The second-order valence-electron chi connectivity index (χ2n) is 8.54. The lowest BCUT2D eigenvalue weighted by molar-refractivity contribution is 0.102. The number of rotatable bonds is 4. The monoisotopic (exact) mass is 467 g/mol. The average molecular weight is 468 g/mol. The minimum atomic E-state index is -0.209. The van der Waals surface area contributed by atoms with E-state index in [4.69, 9.17) is 9.72 Å². The molecule has 0 saturated heterocycles. The summed E-state index contributed by atoms with van der Waals surface area (Å²) in [6.07, 6.45) is 5.29. The first-order valence-electron chi connectivity index (χ1n) is 11.5. The Labute approximate surface area is 203 Å². The zero-order valence-corrected chi connectivity index (χ0v) is 20.1. The van der Waals surface area contributed by atoms with Gasteiger partial charge in [0.25, 0.3) is 5.91 Å². The lowest BCUT2D eigenvalue weighted by Gasteiger charge is -2.15. The van der Waals surface area contributed by atoms with Gasteiger partial charge >= 0.3 is 0 Å². The van der Waals surface area contributed by atoms with Gasteiger partial charge in [-0.1, -0.05) is 24.6 Å². The number of carbonyl (C=O) groups excluding carboxylic acids is 1. The summed E-state index contributed by atoms with van der Waals surface area (Å²) >= 11 is 1.55. The van der Waals surface area contributed by atoms with Crippen molar-refractivity contribution in [2.45, 2.75) is 39.0 Å². The quantitative estimate of drug-likeness (QED) is 0.340. The number of aryl methyl sites for hydroxylation is 1. The number of pyridine rings is 1. The predicted molar refractivity (Wildman–Crippen MR) is 137 cm³/mol. The number of nitriles is 1. The number of hydrogen-bond donors (Lipinski definition) is 1. The number of hydrogen-bond acceptors (Lipinski definition) is 5. The number of aromatic nitrogens is 1.